The number of aromatic nitrogens is 2. The molecule has 1 fully saturated rings. The average molecular weight is 286 g/mol. The van der Waals surface area contributed by atoms with Crippen LogP contribution in [0.2, 0.25) is 0 Å². The molecule has 2 amide bonds. The van der Waals surface area contributed by atoms with Gasteiger partial charge in [0.05, 0.1) is 11.6 Å². The van der Waals surface area contributed by atoms with Gasteiger partial charge >= 0.3 is 0 Å². The van der Waals surface area contributed by atoms with Crippen LogP contribution in [0.5, 0.6) is 0 Å². The van der Waals surface area contributed by atoms with E-state index in [2.05, 4.69) is 10.4 Å². The van der Waals surface area contributed by atoms with Crippen LogP contribution in [0.1, 0.15) is 30.6 Å². The van der Waals surface area contributed by atoms with Crippen LogP contribution in [0.4, 0.5) is 0 Å². The molecular formula is C15H18N4O2. The van der Waals surface area contributed by atoms with Gasteiger partial charge in [0, 0.05) is 37.0 Å². The highest BCUT2D eigenvalue weighted by Crippen LogP contribution is 2.15. The van der Waals surface area contributed by atoms with Gasteiger partial charge in [-0.3, -0.25) is 9.59 Å². The Morgan fingerprint density at radius 1 is 1.43 bits per heavy atom. The Kier molecular flexibility index (Phi) is 3.37. The highest BCUT2D eigenvalue weighted by Gasteiger charge is 2.32. The number of rotatable bonds is 3. The molecule has 1 unspecified atom stereocenters. The van der Waals surface area contributed by atoms with Crippen LogP contribution in [-0.2, 0) is 4.79 Å². The van der Waals surface area contributed by atoms with Crippen molar-refractivity contribution in [3.05, 3.63) is 36.2 Å². The van der Waals surface area contributed by atoms with Crippen LogP contribution in [0.25, 0.3) is 5.52 Å². The molecule has 3 heterocycles. The van der Waals surface area contributed by atoms with Crippen LogP contribution in [0.15, 0.2) is 30.6 Å². The van der Waals surface area contributed by atoms with Gasteiger partial charge in [0.2, 0.25) is 5.91 Å². The number of amides is 2. The number of carbonyl (C=O) groups excluding carboxylic acids is 2. The first-order valence-corrected chi connectivity index (χ1v) is 7.08. The second-order valence-corrected chi connectivity index (χ2v) is 5.63. The smallest absolute Gasteiger partial charge is 0.251 e. The molecule has 0 saturated carbocycles. The highest BCUT2D eigenvalue weighted by molar-refractivity contribution is 5.96. The number of likely N-dealkylation sites (tertiary alicyclic amines) is 1. The van der Waals surface area contributed by atoms with Crippen molar-refractivity contribution in [3.63, 3.8) is 0 Å². The Hall–Kier alpha value is -2.37. The van der Waals surface area contributed by atoms with Gasteiger partial charge < -0.3 is 10.2 Å². The van der Waals surface area contributed by atoms with Gasteiger partial charge in [0.15, 0.2) is 0 Å². The normalized spacial score (nSPS) is 18.7. The summed E-state index contributed by atoms with van der Waals surface area (Å²) in [4.78, 5) is 25.9. The van der Waals surface area contributed by atoms with Crippen LogP contribution >= 0.6 is 0 Å². The second-order valence-electron chi connectivity index (χ2n) is 5.63. The molecule has 0 spiro atoms. The van der Waals surface area contributed by atoms with Crippen molar-refractivity contribution in [1.82, 2.24) is 19.8 Å². The first-order valence-electron chi connectivity index (χ1n) is 7.08. The second kappa shape index (κ2) is 5.20. The summed E-state index contributed by atoms with van der Waals surface area (Å²) in [5, 5.41) is 7.03. The standard InChI is InChI=1S/C15H18N4O2/c1-10(2)18-9-12(8-14(18)20)17-15(21)11-4-6-19-13(7-11)3-5-16-19/h3-7,10,12H,8-9H2,1-2H3,(H,17,21). The van der Waals surface area contributed by atoms with E-state index in [0.29, 0.717) is 18.5 Å². The molecule has 6 heteroatoms. The monoisotopic (exact) mass is 286 g/mol. The van der Waals surface area contributed by atoms with Crippen molar-refractivity contribution in [2.75, 3.05) is 6.54 Å². The molecule has 0 aliphatic carbocycles. The zero-order valence-corrected chi connectivity index (χ0v) is 12.1. The predicted octanol–water partition coefficient (Wildman–Crippen LogP) is 1.07. The minimum absolute atomic E-state index is 0.0987. The molecule has 0 radical (unpaired) electrons. The zero-order chi connectivity index (χ0) is 15.0. The summed E-state index contributed by atoms with van der Waals surface area (Å²) in [6.45, 7) is 4.54. The molecule has 21 heavy (non-hydrogen) atoms. The maximum Gasteiger partial charge on any atom is 0.251 e. The molecule has 1 saturated heterocycles. The zero-order valence-electron chi connectivity index (χ0n) is 12.1. The fraction of sp³-hybridized carbons (Fsp3) is 0.400. The summed E-state index contributed by atoms with van der Waals surface area (Å²) >= 11 is 0. The van der Waals surface area contributed by atoms with Crippen molar-refractivity contribution in [2.24, 2.45) is 0 Å². The lowest BCUT2D eigenvalue weighted by Crippen LogP contribution is -2.38. The van der Waals surface area contributed by atoms with E-state index >= 15 is 0 Å². The maximum absolute atomic E-state index is 12.3. The van der Waals surface area contributed by atoms with Crippen molar-refractivity contribution in [2.45, 2.75) is 32.4 Å². The quantitative estimate of drug-likeness (QED) is 0.918. The first-order chi connectivity index (χ1) is 10.0. The third-order valence-electron chi connectivity index (χ3n) is 3.78. The van der Waals surface area contributed by atoms with Crippen molar-refractivity contribution >= 4 is 17.3 Å². The van der Waals surface area contributed by atoms with Crippen LogP contribution in [0, 0.1) is 0 Å². The Morgan fingerprint density at radius 2 is 2.24 bits per heavy atom. The summed E-state index contributed by atoms with van der Waals surface area (Å²) in [5.74, 6) is -0.0522. The van der Waals surface area contributed by atoms with E-state index in [1.165, 1.54) is 0 Å². The summed E-state index contributed by atoms with van der Waals surface area (Å²) < 4.78 is 1.70. The molecule has 1 aliphatic rings. The third kappa shape index (κ3) is 2.61. The fourth-order valence-corrected chi connectivity index (χ4v) is 2.66. The lowest BCUT2D eigenvalue weighted by atomic mass is 10.2. The van der Waals surface area contributed by atoms with E-state index in [0.717, 1.165) is 5.52 Å². The lowest BCUT2D eigenvalue weighted by Gasteiger charge is -2.21. The number of pyridine rings is 1. The van der Waals surface area contributed by atoms with Crippen LogP contribution in [0.3, 0.4) is 0 Å². The minimum Gasteiger partial charge on any atom is -0.347 e. The summed E-state index contributed by atoms with van der Waals surface area (Å²) in [7, 11) is 0. The number of nitrogens with zero attached hydrogens (tertiary/aromatic N) is 3. The molecule has 6 nitrogen and oxygen atoms in total. The molecule has 110 valence electrons. The number of hydrogen-bond donors (Lipinski definition) is 1. The average Bonchev–Trinajstić information content (AvgIpc) is 3.04. The molecule has 1 N–H and O–H groups in total. The third-order valence-corrected chi connectivity index (χ3v) is 3.78. The molecule has 1 aliphatic heterocycles. The highest BCUT2D eigenvalue weighted by atomic mass is 16.2. The number of hydrogen-bond acceptors (Lipinski definition) is 3. The molecule has 0 aromatic carbocycles. The van der Waals surface area contributed by atoms with Gasteiger partial charge in [-0.25, -0.2) is 4.52 Å². The number of nitrogens with one attached hydrogen (secondary N) is 1. The number of carbonyl (C=O) groups is 2. The largest absolute Gasteiger partial charge is 0.347 e. The Labute approximate surface area is 122 Å². The Balaban J connectivity index is 1.70. The van der Waals surface area contributed by atoms with Crippen molar-refractivity contribution in [3.8, 4) is 0 Å². The molecule has 3 rings (SSSR count). The van der Waals surface area contributed by atoms with Gasteiger partial charge in [-0.15, -0.1) is 0 Å². The van der Waals surface area contributed by atoms with Crippen molar-refractivity contribution < 1.29 is 9.59 Å². The summed E-state index contributed by atoms with van der Waals surface area (Å²) in [6, 6.07) is 5.42. The Morgan fingerprint density at radius 3 is 2.95 bits per heavy atom. The van der Waals surface area contributed by atoms with Gasteiger partial charge in [-0.05, 0) is 32.0 Å². The lowest BCUT2D eigenvalue weighted by molar-refractivity contribution is -0.129. The van der Waals surface area contributed by atoms with E-state index in [-0.39, 0.29) is 23.9 Å². The van der Waals surface area contributed by atoms with Gasteiger partial charge in [0.1, 0.15) is 0 Å². The van der Waals surface area contributed by atoms with E-state index < -0.39 is 0 Å². The molecule has 2 aromatic rings. The fourth-order valence-electron chi connectivity index (χ4n) is 2.66. The van der Waals surface area contributed by atoms with E-state index in [1.54, 1.807) is 33.9 Å². The Bertz CT molecular complexity index is 692. The van der Waals surface area contributed by atoms with E-state index in [4.69, 9.17) is 0 Å². The number of fused-ring (bicyclic) bond motifs is 1. The van der Waals surface area contributed by atoms with Gasteiger partial charge in [0.25, 0.3) is 5.91 Å². The predicted molar refractivity (Wildman–Crippen MR) is 77.9 cm³/mol. The minimum atomic E-state index is -0.151. The molecule has 1 atom stereocenters. The molecule has 2 aromatic heterocycles. The molecular weight excluding hydrogens is 268 g/mol. The van der Waals surface area contributed by atoms with Crippen molar-refractivity contribution in [1.29, 1.82) is 0 Å². The van der Waals surface area contributed by atoms with E-state index in [9.17, 15) is 9.59 Å². The first kappa shape index (κ1) is 13.6. The maximum atomic E-state index is 12.3. The summed E-state index contributed by atoms with van der Waals surface area (Å²) in [5.41, 5.74) is 1.45. The van der Waals surface area contributed by atoms with Crippen LogP contribution < -0.4 is 5.32 Å². The van der Waals surface area contributed by atoms with Crippen LogP contribution in [-0.4, -0.2) is 45.0 Å². The summed E-state index contributed by atoms with van der Waals surface area (Å²) in [6.07, 6.45) is 3.82. The van der Waals surface area contributed by atoms with Gasteiger partial charge in [-0.2, -0.15) is 5.10 Å². The SMILES string of the molecule is CC(C)N1CC(NC(=O)c2ccn3nccc3c2)CC1=O. The van der Waals surface area contributed by atoms with E-state index in [1.807, 2.05) is 19.9 Å². The van der Waals surface area contributed by atoms with Gasteiger partial charge in [-0.1, -0.05) is 0 Å². The molecule has 0 bridgehead atoms. The topological polar surface area (TPSA) is 66.7 Å².